The fourth-order valence-electron chi connectivity index (χ4n) is 1.42. The Morgan fingerprint density at radius 3 is 2.62 bits per heavy atom. The summed E-state index contributed by atoms with van der Waals surface area (Å²) in [6, 6.07) is 0. The van der Waals surface area contributed by atoms with Crippen molar-refractivity contribution in [3.8, 4) is 0 Å². The number of hydrogen-bond donors (Lipinski definition) is 0. The Balaban J connectivity index is 0.000000671. The molecule has 0 saturated carbocycles. The molecule has 3 heteroatoms. The molecule has 1 atom stereocenters. The SMILES string of the molecule is CC.COCCCN1CCC(F)C1. The zero-order chi connectivity index (χ0) is 10.1. The molecule has 1 unspecified atom stereocenters. The Morgan fingerprint density at radius 1 is 1.46 bits per heavy atom. The number of ether oxygens (including phenoxy) is 1. The van der Waals surface area contributed by atoms with Crippen LogP contribution in [0.3, 0.4) is 0 Å². The van der Waals surface area contributed by atoms with Crippen LogP contribution < -0.4 is 0 Å². The highest BCUT2D eigenvalue weighted by atomic mass is 19.1. The fraction of sp³-hybridized carbons (Fsp3) is 1.00. The van der Waals surface area contributed by atoms with E-state index in [1.54, 1.807) is 7.11 Å². The van der Waals surface area contributed by atoms with Crippen LogP contribution in [0.2, 0.25) is 0 Å². The van der Waals surface area contributed by atoms with Crippen LogP contribution in [0.5, 0.6) is 0 Å². The van der Waals surface area contributed by atoms with E-state index in [4.69, 9.17) is 4.74 Å². The maximum absolute atomic E-state index is 12.6. The zero-order valence-corrected chi connectivity index (χ0v) is 9.05. The van der Waals surface area contributed by atoms with Crippen molar-refractivity contribution in [2.75, 3.05) is 33.4 Å². The Kier molecular flexibility index (Phi) is 8.35. The predicted molar refractivity (Wildman–Crippen MR) is 53.8 cm³/mol. The number of halogens is 1. The van der Waals surface area contributed by atoms with E-state index in [-0.39, 0.29) is 0 Å². The fourth-order valence-corrected chi connectivity index (χ4v) is 1.42. The van der Waals surface area contributed by atoms with E-state index in [9.17, 15) is 4.39 Å². The van der Waals surface area contributed by atoms with Gasteiger partial charge in [-0.2, -0.15) is 0 Å². The van der Waals surface area contributed by atoms with Crippen LogP contribution in [0.15, 0.2) is 0 Å². The van der Waals surface area contributed by atoms with Crippen molar-refractivity contribution >= 4 is 0 Å². The number of nitrogens with zero attached hydrogens (tertiary/aromatic N) is 1. The van der Waals surface area contributed by atoms with Gasteiger partial charge in [0.1, 0.15) is 6.17 Å². The van der Waals surface area contributed by atoms with Crippen molar-refractivity contribution in [3.05, 3.63) is 0 Å². The molecule has 0 bridgehead atoms. The molecular formula is C10H22FNO. The van der Waals surface area contributed by atoms with Gasteiger partial charge in [-0.25, -0.2) is 4.39 Å². The Morgan fingerprint density at radius 2 is 2.15 bits per heavy atom. The van der Waals surface area contributed by atoms with Gasteiger partial charge < -0.3 is 9.64 Å². The summed E-state index contributed by atoms with van der Waals surface area (Å²) in [5.74, 6) is 0. The Labute approximate surface area is 81.1 Å². The third-order valence-corrected chi connectivity index (χ3v) is 2.04. The lowest BCUT2D eigenvalue weighted by molar-refractivity contribution is 0.177. The standard InChI is InChI=1S/C8H16FNO.C2H6/c1-11-6-2-4-10-5-3-8(9)7-10;1-2/h8H,2-7H2,1H3;1-2H3. The van der Waals surface area contributed by atoms with Gasteiger partial charge in [-0.3, -0.25) is 0 Å². The van der Waals surface area contributed by atoms with E-state index in [0.717, 1.165) is 26.1 Å². The summed E-state index contributed by atoms with van der Waals surface area (Å²) < 4.78 is 17.5. The lowest BCUT2D eigenvalue weighted by Crippen LogP contribution is -2.23. The monoisotopic (exact) mass is 191 g/mol. The van der Waals surface area contributed by atoms with Gasteiger partial charge in [0.2, 0.25) is 0 Å². The first-order chi connectivity index (χ1) is 6.33. The highest BCUT2D eigenvalue weighted by Crippen LogP contribution is 2.11. The Hall–Kier alpha value is -0.150. The van der Waals surface area contributed by atoms with Crippen LogP contribution in [0.4, 0.5) is 4.39 Å². The van der Waals surface area contributed by atoms with Crippen molar-refractivity contribution < 1.29 is 9.13 Å². The molecule has 1 heterocycles. The maximum atomic E-state index is 12.6. The second-order valence-electron chi connectivity index (χ2n) is 3.03. The summed E-state index contributed by atoms with van der Waals surface area (Å²) in [4.78, 5) is 2.16. The molecule has 0 radical (unpaired) electrons. The molecule has 0 aromatic rings. The van der Waals surface area contributed by atoms with Crippen LogP contribution in [-0.4, -0.2) is 44.4 Å². The van der Waals surface area contributed by atoms with Crippen LogP contribution >= 0.6 is 0 Å². The molecule has 13 heavy (non-hydrogen) atoms. The largest absolute Gasteiger partial charge is 0.385 e. The van der Waals surface area contributed by atoms with Crippen molar-refractivity contribution in [1.82, 2.24) is 4.90 Å². The van der Waals surface area contributed by atoms with Gasteiger partial charge >= 0.3 is 0 Å². The van der Waals surface area contributed by atoms with Gasteiger partial charge in [0.15, 0.2) is 0 Å². The topological polar surface area (TPSA) is 12.5 Å². The molecule has 1 aliphatic rings. The summed E-state index contributed by atoms with van der Waals surface area (Å²) in [6.45, 7) is 7.32. The first kappa shape index (κ1) is 12.8. The minimum Gasteiger partial charge on any atom is -0.385 e. The summed E-state index contributed by atoms with van der Waals surface area (Å²) in [7, 11) is 1.70. The summed E-state index contributed by atoms with van der Waals surface area (Å²) in [5.41, 5.74) is 0. The van der Waals surface area contributed by atoms with E-state index in [2.05, 4.69) is 4.90 Å². The minimum absolute atomic E-state index is 0.586. The molecule has 0 spiro atoms. The first-order valence-electron chi connectivity index (χ1n) is 5.18. The molecule has 2 nitrogen and oxygen atoms in total. The number of hydrogen-bond acceptors (Lipinski definition) is 2. The van der Waals surface area contributed by atoms with Crippen LogP contribution in [-0.2, 0) is 4.74 Å². The van der Waals surface area contributed by atoms with Gasteiger partial charge in [0.05, 0.1) is 0 Å². The van der Waals surface area contributed by atoms with Gasteiger partial charge in [0.25, 0.3) is 0 Å². The molecule has 0 aromatic carbocycles. The van der Waals surface area contributed by atoms with Crippen LogP contribution in [0.1, 0.15) is 26.7 Å². The molecule has 0 aromatic heterocycles. The van der Waals surface area contributed by atoms with Gasteiger partial charge in [-0.1, -0.05) is 13.8 Å². The first-order valence-corrected chi connectivity index (χ1v) is 5.18. The maximum Gasteiger partial charge on any atom is 0.114 e. The van der Waals surface area contributed by atoms with Gasteiger partial charge in [0, 0.05) is 33.4 Å². The van der Waals surface area contributed by atoms with Crippen molar-refractivity contribution in [2.45, 2.75) is 32.9 Å². The van der Waals surface area contributed by atoms with E-state index < -0.39 is 6.17 Å². The quantitative estimate of drug-likeness (QED) is 0.631. The third-order valence-electron chi connectivity index (χ3n) is 2.04. The van der Waals surface area contributed by atoms with E-state index in [0.29, 0.717) is 13.0 Å². The van der Waals surface area contributed by atoms with E-state index in [1.165, 1.54) is 0 Å². The van der Waals surface area contributed by atoms with E-state index in [1.807, 2.05) is 13.8 Å². The highest BCUT2D eigenvalue weighted by molar-refractivity contribution is 4.74. The summed E-state index contributed by atoms with van der Waals surface area (Å²) >= 11 is 0. The van der Waals surface area contributed by atoms with Crippen LogP contribution in [0.25, 0.3) is 0 Å². The molecule has 80 valence electrons. The second-order valence-corrected chi connectivity index (χ2v) is 3.03. The molecular weight excluding hydrogens is 169 g/mol. The predicted octanol–water partition coefficient (Wildman–Crippen LogP) is 2.09. The number of methoxy groups -OCH3 is 1. The molecule has 0 amide bonds. The van der Waals surface area contributed by atoms with Crippen molar-refractivity contribution in [2.24, 2.45) is 0 Å². The minimum atomic E-state index is -0.586. The van der Waals surface area contributed by atoms with Crippen molar-refractivity contribution in [3.63, 3.8) is 0 Å². The lowest BCUT2D eigenvalue weighted by Gasteiger charge is -2.13. The smallest absolute Gasteiger partial charge is 0.114 e. The Bertz CT molecular complexity index is 111. The number of likely N-dealkylation sites (tertiary alicyclic amines) is 1. The van der Waals surface area contributed by atoms with Crippen LogP contribution in [0, 0.1) is 0 Å². The molecule has 0 N–H and O–H groups in total. The highest BCUT2D eigenvalue weighted by Gasteiger charge is 2.20. The molecule has 0 aliphatic carbocycles. The zero-order valence-electron chi connectivity index (χ0n) is 9.05. The molecule has 1 saturated heterocycles. The lowest BCUT2D eigenvalue weighted by atomic mass is 10.3. The summed E-state index contributed by atoms with van der Waals surface area (Å²) in [5, 5.41) is 0. The van der Waals surface area contributed by atoms with Gasteiger partial charge in [-0.05, 0) is 12.8 Å². The average Bonchev–Trinajstić information content (AvgIpc) is 2.56. The number of rotatable bonds is 4. The second kappa shape index (κ2) is 8.45. The van der Waals surface area contributed by atoms with E-state index >= 15 is 0 Å². The third kappa shape index (κ3) is 5.99. The van der Waals surface area contributed by atoms with Crippen molar-refractivity contribution in [1.29, 1.82) is 0 Å². The summed E-state index contributed by atoms with van der Waals surface area (Å²) in [6.07, 6.45) is 1.15. The normalized spacial score (nSPS) is 22.6. The van der Waals surface area contributed by atoms with Gasteiger partial charge in [-0.15, -0.1) is 0 Å². The average molecular weight is 191 g/mol. The number of alkyl halides is 1. The molecule has 1 rings (SSSR count). The molecule has 1 fully saturated rings. The molecule has 1 aliphatic heterocycles.